The Labute approximate surface area is 660 Å². The van der Waals surface area contributed by atoms with Crippen molar-refractivity contribution < 1.29 is 0 Å². The van der Waals surface area contributed by atoms with Crippen molar-refractivity contribution in [3.05, 3.63) is 449 Å². The normalized spacial score (nSPS) is 11.1. The molecule has 0 unspecified atom stereocenters. The predicted octanol–water partition coefficient (Wildman–Crippen LogP) is 28.5. The van der Waals surface area contributed by atoms with Crippen molar-refractivity contribution in [2.24, 2.45) is 0 Å². The van der Waals surface area contributed by atoms with Crippen molar-refractivity contribution in [2.45, 2.75) is 6.92 Å². The minimum absolute atomic E-state index is 0.815. The highest BCUT2D eigenvalue weighted by atomic mass is 15.2. The third-order valence-corrected chi connectivity index (χ3v) is 20.7. The fourth-order valence-electron chi connectivity index (χ4n) is 15.0. The van der Waals surface area contributed by atoms with Gasteiger partial charge in [0.25, 0.3) is 0 Å². The Morgan fingerprint density at radius 3 is 0.531 bits per heavy atom. The van der Waals surface area contributed by atoms with Gasteiger partial charge in [-0.2, -0.15) is 0 Å². The van der Waals surface area contributed by atoms with Gasteiger partial charge in [-0.1, -0.05) is 279 Å². The van der Waals surface area contributed by atoms with Gasteiger partial charge in [0.1, 0.15) is 0 Å². The molecule has 0 radical (unpaired) electrons. The zero-order chi connectivity index (χ0) is 75.7. The molecule has 0 spiro atoms. The Morgan fingerprint density at radius 1 is 0.150 bits per heavy atom. The summed E-state index contributed by atoms with van der Waals surface area (Å²) in [5.74, 6) is 0. The van der Waals surface area contributed by atoms with Crippen LogP contribution in [-0.2, 0) is 0 Å². The number of benzene rings is 16. The Hall–Kier alpha value is -15.1. The largest absolute Gasteiger partial charge is 0.311 e. The predicted molar refractivity (Wildman–Crippen MR) is 470 cm³/mol. The van der Waals surface area contributed by atoms with Crippen molar-refractivity contribution in [1.29, 1.82) is 0 Å². The first-order valence-electron chi connectivity index (χ1n) is 38.1. The van der Waals surface area contributed by atoms with Crippen molar-refractivity contribution in [3.63, 3.8) is 0 Å². The summed E-state index contributed by atoms with van der Waals surface area (Å²) >= 11 is 0. The Kier molecular flexibility index (Phi) is 19.7. The van der Waals surface area contributed by atoms with Crippen molar-refractivity contribution in [1.82, 2.24) is 19.9 Å². The number of rotatable bonds is 21. The van der Waals surface area contributed by atoms with Crippen LogP contribution in [-0.4, -0.2) is 19.9 Å². The lowest BCUT2D eigenvalue weighted by Gasteiger charge is -2.26. The molecule has 0 aliphatic carbocycles. The summed E-state index contributed by atoms with van der Waals surface area (Å²) in [6.07, 6.45) is 5.40. The summed E-state index contributed by atoms with van der Waals surface area (Å²) in [6.45, 7) is 2.00. The fraction of sp³-hybridized carbons (Fsp3) is 0.00952. The minimum atomic E-state index is 0.815. The van der Waals surface area contributed by atoms with E-state index in [2.05, 4.69) is 444 Å². The minimum Gasteiger partial charge on any atom is -0.311 e. The monoisotopic (exact) mass is 1450 g/mol. The molecule has 8 heteroatoms. The molecule has 536 valence electrons. The topological polar surface area (TPSA) is 64.5 Å². The van der Waals surface area contributed by atoms with E-state index in [9.17, 15) is 0 Å². The number of hydrogen-bond acceptors (Lipinski definition) is 8. The second-order valence-electron chi connectivity index (χ2n) is 27.9. The van der Waals surface area contributed by atoms with Crippen molar-refractivity contribution in [2.75, 3.05) is 19.6 Å². The molecule has 18 aromatic rings. The van der Waals surface area contributed by atoms with Crippen LogP contribution in [0.25, 0.3) is 101 Å². The van der Waals surface area contributed by atoms with Crippen molar-refractivity contribution >= 4 is 68.2 Å². The Balaban J connectivity index is 0.543. The van der Waals surface area contributed by atoms with Crippen molar-refractivity contribution in [3.8, 4) is 101 Å². The molecule has 0 N–H and O–H groups in total. The van der Waals surface area contributed by atoms with Crippen LogP contribution in [0.15, 0.2) is 443 Å². The lowest BCUT2D eigenvalue weighted by molar-refractivity contribution is 1.13. The van der Waals surface area contributed by atoms with E-state index in [0.29, 0.717) is 0 Å². The molecule has 2 aromatic heterocycles. The van der Waals surface area contributed by atoms with E-state index in [1.807, 2.05) is 13.1 Å². The Bertz CT molecular complexity index is 6190. The summed E-state index contributed by atoms with van der Waals surface area (Å²) in [5, 5.41) is 0. The zero-order valence-electron chi connectivity index (χ0n) is 62.2. The third kappa shape index (κ3) is 15.0. The molecule has 0 atom stereocenters. The molecule has 16 aromatic carbocycles. The number of aromatic nitrogens is 4. The van der Waals surface area contributed by atoms with E-state index >= 15 is 0 Å². The van der Waals surface area contributed by atoms with Crippen LogP contribution in [0.2, 0.25) is 0 Å². The van der Waals surface area contributed by atoms with Gasteiger partial charge in [0.05, 0.1) is 28.5 Å². The fourth-order valence-corrected chi connectivity index (χ4v) is 15.0. The molecule has 18 rings (SSSR count). The molecule has 0 saturated heterocycles. The summed E-state index contributed by atoms with van der Waals surface area (Å²) in [7, 11) is 0. The van der Waals surface area contributed by atoms with E-state index in [4.69, 9.17) is 19.9 Å². The third-order valence-electron chi connectivity index (χ3n) is 20.7. The maximum atomic E-state index is 5.13. The van der Waals surface area contributed by atoms with Crippen LogP contribution in [0.1, 0.15) is 5.69 Å². The number of aryl methyl sites for hydroxylation is 1. The van der Waals surface area contributed by atoms with E-state index in [-0.39, 0.29) is 0 Å². The van der Waals surface area contributed by atoms with Gasteiger partial charge in [-0.25, -0.2) is 4.98 Å². The second kappa shape index (κ2) is 32.0. The smallest absolute Gasteiger partial charge is 0.0968 e. The highest BCUT2D eigenvalue weighted by Crippen LogP contribution is 2.44. The first-order valence-corrected chi connectivity index (χ1v) is 38.1. The lowest BCUT2D eigenvalue weighted by Crippen LogP contribution is -2.10. The molecule has 0 fully saturated rings. The SMILES string of the molecule is Cc1cnc(-c2ccc(N(c3ccccc3)c3ccc(-c4ccc(-c5ccc(-c6ccc(N(c7ccccc7)c7ccc(-c8nccnc8-c8ccc(N(c9ccccc9)c9ccc(-c%10ccccc%10)cc9)cc8)cc7)cc6)cc5)cc4)cc3)cc2)c(-c2ccc(N(c3ccccc3)c3ccc(-c4ccccc4)cc3)cc2)n1. The summed E-state index contributed by atoms with van der Waals surface area (Å²) in [4.78, 5) is 29.2. The highest BCUT2D eigenvalue weighted by Gasteiger charge is 2.22. The lowest BCUT2D eigenvalue weighted by atomic mass is 9.97. The van der Waals surface area contributed by atoms with Gasteiger partial charge < -0.3 is 19.6 Å². The molecular formula is C105H76N8. The highest BCUT2D eigenvalue weighted by molar-refractivity contribution is 5.88. The number of hydrogen-bond donors (Lipinski definition) is 0. The average Bonchev–Trinajstić information content (AvgIpc) is 0.793. The van der Waals surface area contributed by atoms with E-state index < -0.39 is 0 Å². The average molecular weight is 1450 g/mol. The number of anilines is 12. The maximum absolute atomic E-state index is 5.13. The quantitative estimate of drug-likeness (QED) is 0.0705. The zero-order valence-corrected chi connectivity index (χ0v) is 62.2. The number of para-hydroxylation sites is 4. The van der Waals surface area contributed by atoms with Gasteiger partial charge in [0.2, 0.25) is 0 Å². The first kappa shape index (κ1) is 69.6. The van der Waals surface area contributed by atoms with Crippen LogP contribution in [0, 0.1) is 6.92 Å². The van der Waals surface area contributed by atoms with Gasteiger partial charge in [-0.05, 0) is 208 Å². The summed E-state index contributed by atoms with van der Waals surface area (Å²) in [6, 6.07) is 151. The summed E-state index contributed by atoms with van der Waals surface area (Å²) in [5.41, 5.74) is 32.3. The van der Waals surface area contributed by atoms with Crippen LogP contribution in [0.4, 0.5) is 68.2 Å². The standard InChI is InChI=1S/C105H76N8/c1-75-74-108-104(105(109-75)89-54-70-101(71-55-89)113(93-30-18-7-19-31-93)95-58-42-83(43-59-95)77-22-10-3-11-23-77)88-52-68-100(69-53-88)112(92-28-16-6-17-29-92)97-62-46-85(47-63-97)81-38-34-79(35-39-81)78-32-36-80(37-33-78)84-44-60-96(61-45-84)111(91-26-14-5-15-27-91)99-66-50-87(51-67-99)103-102(106-72-73-107-103)86-48-64-98(65-49-86)110(90-24-12-4-13-25-90)94-56-40-82(41-57-94)76-20-8-2-9-21-76/h2-74H,1H3. The second-order valence-corrected chi connectivity index (χ2v) is 27.9. The maximum Gasteiger partial charge on any atom is 0.0968 e. The molecule has 0 bridgehead atoms. The van der Waals surface area contributed by atoms with Crippen LogP contribution < -0.4 is 19.6 Å². The van der Waals surface area contributed by atoms with E-state index in [1.54, 1.807) is 12.4 Å². The van der Waals surface area contributed by atoms with Gasteiger partial charge >= 0.3 is 0 Å². The van der Waals surface area contributed by atoms with E-state index in [0.717, 1.165) is 152 Å². The molecule has 0 amide bonds. The van der Waals surface area contributed by atoms with E-state index in [1.165, 1.54) is 22.3 Å². The summed E-state index contributed by atoms with van der Waals surface area (Å²) < 4.78 is 0. The molecular weight excluding hydrogens is 1370 g/mol. The van der Waals surface area contributed by atoms with Gasteiger partial charge in [-0.3, -0.25) is 15.0 Å². The van der Waals surface area contributed by atoms with Crippen LogP contribution in [0.5, 0.6) is 0 Å². The van der Waals surface area contributed by atoms with Gasteiger partial charge in [0, 0.05) is 109 Å². The van der Waals surface area contributed by atoms with Gasteiger partial charge in [0.15, 0.2) is 0 Å². The van der Waals surface area contributed by atoms with Gasteiger partial charge in [-0.15, -0.1) is 0 Å². The molecule has 0 aliphatic rings. The first-order chi connectivity index (χ1) is 55.9. The Morgan fingerprint density at radius 2 is 0.310 bits per heavy atom. The molecule has 0 aliphatic heterocycles. The van der Waals surface area contributed by atoms with Crippen LogP contribution in [0.3, 0.4) is 0 Å². The number of nitrogens with zero attached hydrogens (tertiary/aromatic N) is 8. The molecule has 0 saturated carbocycles. The van der Waals surface area contributed by atoms with Crippen LogP contribution >= 0.6 is 0 Å². The molecule has 8 nitrogen and oxygen atoms in total. The molecule has 2 heterocycles. The molecule has 113 heavy (non-hydrogen) atoms.